The van der Waals surface area contributed by atoms with Gasteiger partial charge in [-0.15, -0.1) is 0 Å². The van der Waals surface area contributed by atoms with E-state index in [1.165, 1.54) is 11.8 Å². The Morgan fingerprint density at radius 1 is 1.10 bits per heavy atom. The minimum Gasteiger partial charge on any atom is -0.274 e. The molecule has 0 amide bonds. The van der Waals surface area contributed by atoms with E-state index in [1.54, 1.807) is 35.7 Å². The lowest BCUT2D eigenvalue weighted by atomic mass is 10.4. The van der Waals surface area contributed by atoms with Crippen molar-refractivity contribution in [3.05, 3.63) is 42.0 Å². The summed E-state index contributed by atoms with van der Waals surface area (Å²) in [7, 11) is 0. The Balaban J connectivity index is 1.92. The van der Waals surface area contributed by atoms with Crippen LogP contribution in [-0.2, 0) is 0 Å². The number of imidazole rings is 1. The zero-order chi connectivity index (χ0) is 13.9. The molecule has 100 valence electrons. The summed E-state index contributed by atoms with van der Waals surface area (Å²) in [6.45, 7) is 1.92. The molecule has 0 saturated carbocycles. The first-order valence-electron chi connectivity index (χ1n) is 5.57. The highest BCUT2D eigenvalue weighted by atomic mass is 35.5. The van der Waals surface area contributed by atoms with Crippen LogP contribution in [0.3, 0.4) is 0 Å². The Labute approximate surface area is 123 Å². The summed E-state index contributed by atoms with van der Waals surface area (Å²) < 4.78 is 1.65. The van der Waals surface area contributed by atoms with Gasteiger partial charge in [-0.05, 0) is 35.9 Å². The fraction of sp³-hybridized carbons (Fsp3) is 0.0909. The summed E-state index contributed by atoms with van der Waals surface area (Å²) in [6, 6.07) is 0. The van der Waals surface area contributed by atoms with Gasteiger partial charge >= 0.3 is 0 Å². The van der Waals surface area contributed by atoms with Crippen LogP contribution in [0, 0.1) is 6.92 Å². The standard InChI is InChI=1S/C11H8ClN7S/c1-7-4-14-10(15-5-7)20-11-17-8(12)16-9(18-11)19-3-2-13-6-19/h2-6H,1H3. The van der Waals surface area contributed by atoms with Crippen molar-refractivity contribution in [2.45, 2.75) is 17.2 Å². The first-order valence-corrected chi connectivity index (χ1v) is 6.76. The molecule has 0 aliphatic carbocycles. The number of rotatable bonds is 3. The lowest BCUT2D eigenvalue weighted by molar-refractivity contribution is 0.818. The van der Waals surface area contributed by atoms with Gasteiger partial charge in [0, 0.05) is 24.8 Å². The summed E-state index contributed by atoms with van der Waals surface area (Å²) in [4.78, 5) is 24.7. The number of hydrogen-bond donors (Lipinski definition) is 0. The van der Waals surface area contributed by atoms with Gasteiger partial charge in [-0.25, -0.2) is 15.0 Å². The second-order valence-corrected chi connectivity index (χ2v) is 5.07. The van der Waals surface area contributed by atoms with Gasteiger partial charge in [0.25, 0.3) is 0 Å². The van der Waals surface area contributed by atoms with Gasteiger partial charge in [0.05, 0.1) is 0 Å². The topological polar surface area (TPSA) is 82.3 Å². The number of hydrogen-bond acceptors (Lipinski definition) is 7. The Bertz CT molecular complexity index is 714. The van der Waals surface area contributed by atoms with E-state index < -0.39 is 0 Å². The lowest BCUT2D eigenvalue weighted by Crippen LogP contribution is -2.02. The molecule has 0 radical (unpaired) electrons. The molecule has 0 aliphatic rings. The molecule has 0 aliphatic heterocycles. The molecule has 7 nitrogen and oxygen atoms in total. The summed E-state index contributed by atoms with van der Waals surface area (Å²) in [5.41, 5.74) is 0.988. The van der Waals surface area contributed by atoms with E-state index >= 15 is 0 Å². The third kappa shape index (κ3) is 2.91. The fourth-order valence-electron chi connectivity index (χ4n) is 1.38. The van der Waals surface area contributed by atoms with Crippen LogP contribution in [0.15, 0.2) is 41.4 Å². The fourth-order valence-corrected chi connectivity index (χ4v) is 2.21. The van der Waals surface area contributed by atoms with Crippen molar-refractivity contribution in [1.82, 2.24) is 34.5 Å². The van der Waals surface area contributed by atoms with E-state index in [1.807, 2.05) is 6.92 Å². The van der Waals surface area contributed by atoms with E-state index in [4.69, 9.17) is 11.6 Å². The highest BCUT2D eigenvalue weighted by molar-refractivity contribution is 7.99. The Kier molecular flexibility index (Phi) is 3.57. The van der Waals surface area contributed by atoms with Gasteiger partial charge in [0.2, 0.25) is 16.4 Å². The molecule has 3 aromatic rings. The minimum atomic E-state index is 0.110. The van der Waals surface area contributed by atoms with Gasteiger partial charge in [-0.1, -0.05) is 0 Å². The SMILES string of the molecule is Cc1cnc(Sc2nc(Cl)nc(-n3ccnc3)n2)nc1. The van der Waals surface area contributed by atoms with Crippen LogP contribution >= 0.6 is 23.4 Å². The first kappa shape index (κ1) is 12.9. The Morgan fingerprint density at radius 2 is 1.90 bits per heavy atom. The maximum absolute atomic E-state index is 5.91. The molecule has 0 spiro atoms. The van der Waals surface area contributed by atoms with Crippen LogP contribution in [-0.4, -0.2) is 34.5 Å². The first-order chi connectivity index (χ1) is 9.70. The Morgan fingerprint density at radius 3 is 2.60 bits per heavy atom. The number of aromatic nitrogens is 7. The van der Waals surface area contributed by atoms with Crippen molar-refractivity contribution >= 4 is 23.4 Å². The van der Waals surface area contributed by atoms with E-state index in [2.05, 4.69) is 29.9 Å². The molecule has 3 rings (SSSR count). The van der Waals surface area contributed by atoms with Gasteiger partial charge in [0.15, 0.2) is 5.16 Å². The van der Waals surface area contributed by atoms with Crippen LogP contribution in [0.4, 0.5) is 0 Å². The summed E-state index contributed by atoms with van der Waals surface area (Å²) in [5.74, 6) is 0.400. The molecule has 0 saturated heterocycles. The van der Waals surface area contributed by atoms with E-state index in [0.717, 1.165) is 5.56 Å². The smallest absolute Gasteiger partial charge is 0.240 e. The van der Waals surface area contributed by atoms with E-state index in [-0.39, 0.29) is 5.28 Å². The van der Waals surface area contributed by atoms with Crippen molar-refractivity contribution in [2.24, 2.45) is 0 Å². The van der Waals surface area contributed by atoms with Crippen molar-refractivity contribution in [3.8, 4) is 5.95 Å². The molecule has 9 heteroatoms. The molecule has 0 N–H and O–H groups in total. The quantitative estimate of drug-likeness (QED) is 0.684. The summed E-state index contributed by atoms with van der Waals surface area (Å²) >= 11 is 7.13. The minimum absolute atomic E-state index is 0.110. The second kappa shape index (κ2) is 5.51. The highest BCUT2D eigenvalue weighted by Gasteiger charge is 2.09. The molecule has 0 unspecified atom stereocenters. The largest absolute Gasteiger partial charge is 0.274 e. The predicted octanol–water partition coefficient (Wildman–Crippen LogP) is 1.96. The second-order valence-electron chi connectivity index (χ2n) is 3.80. The van der Waals surface area contributed by atoms with Gasteiger partial charge in [-0.2, -0.15) is 15.0 Å². The molecule has 3 heterocycles. The van der Waals surface area contributed by atoms with E-state index in [0.29, 0.717) is 16.3 Å². The van der Waals surface area contributed by atoms with Gasteiger partial charge < -0.3 is 0 Å². The highest BCUT2D eigenvalue weighted by Crippen LogP contribution is 2.22. The van der Waals surface area contributed by atoms with Crippen LogP contribution < -0.4 is 0 Å². The average molecular weight is 306 g/mol. The third-order valence-electron chi connectivity index (χ3n) is 2.25. The van der Waals surface area contributed by atoms with Crippen molar-refractivity contribution in [3.63, 3.8) is 0 Å². The molecule has 0 aromatic carbocycles. The molecular formula is C11H8ClN7S. The summed E-state index contributed by atoms with van der Waals surface area (Å²) in [5, 5.41) is 1.09. The molecule has 0 atom stereocenters. The van der Waals surface area contributed by atoms with Crippen molar-refractivity contribution in [1.29, 1.82) is 0 Å². The Hall–Kier alpha value is -2.06. The maximum atomic E-state index is 5.91. The normalized spacial score (nSPS) is 10.7. The monoisotopic (exact) mass is 305 g/mol. The van der Waals surface area contributed by atoms with E-state index in [9.17, 15) is 0 Å². The van der Waals surface area contributed by atoms with Crippen molar-refractivity contribution < 1.29 is 0 Å². The third-order valence-corrected chi connectivity index (χ3v) is 3.18. The zero-order valence-electron chi connectivity index (χ0n) is 10.3. The number of nitrogens with zero attached hydrogens (tertiary/aromatic N) is 7. The maximum Gasteiger partial charge on any atom is 0.240 e. The van der Waals surface area contributed by atoms with Crippen LogP contribution in [0.1, 0.15) is 5.56 Å². The molecule has 0 bridgehead atoms. The predicted molar refractivity (Wildman–Crippen MR) is 72.9 cm³/mol. The molecule has 3 aromatic heterocycles. The molecular weight excluding hydrogens is 298 g/mol. The number of halogens is 1. The van der Waals surface area contributed by atoms with Gasteiger partial charge in [-0.3, -0.25) is 4.57 Å². The molecule has 0 fully saturated rings. The average Bonchev–Trinajstić information content (AvgIpc) is 2.95. The van der Waals surface area contributed by atoms with Crippen molar-refractivity contribution in [2.75, 3.05) is 0 Å². The van der Waals surface area contributed by atoms with Gasteiger partial charge in [0.1, 0.15) is 6.33 Å². The van der Waals surface area contributed by atoms with Crippen LogP contribution in [0.2, 0.25) is 5.28 Å². The number of aryl methyl sites for hydroxylation is 1. The lowest BCUT2D eigenvalue weighted by Gasteiger charge is -2.03. The van der Waals surface area contributed by atoms with Crippen LogP contribution in [0.25, 0.3) is 5.95 Å². The zero-order valence-corrected chi connectivity index (χ0v) is 11.9. The van der Waals surface area contributed by atoms with Crippen LogP contribution in [0.5, 0.6) is 0 Å². The molecule has 20 heavy (non-hydrogen) atoms. The summed E-state index contributed by atoms with van der Waals surface area (Å²) in [6.07, 6.45) is 8.41.